The Morgan fingerprint density at radius 3 is 1.85 bits per heavy atom. The molecular weight excluding hydrogens is 162 g/mol. The van der Waals surface area contributed by atoms with Crippen LogP contribution < -0.4 is 5.32 Å². The molecule has 1 spiro atoms. The zero-order valence-corrected chi connectivity index (χ0v) is 7.75. The summed E-state index contributed by atoms with van der Waals surface area (Å²) in [4.78, 5) is 11.5. The van der Waals surface area contributed by atoms with Gasteiger partial charge in [-0.1, -0.05) is 0 Å². The lowest BCUT2D eigenvalue weighted by molar-refractivity contribution is -0.117. The Kier molecular flexibility index (Phi) is 0.946. The number of carbonyl (C=O) groups excluding carboxylic acids is 1. The van der Waals surface area contributed by atoms with Crippen molar-refractivity contribution >= 4 is 5.91 Å². The first-order valence-corrected chi connectivity index (χ1v) is 5.61. The van der Waals surface area contributed by atoms with Crippen LogP contribution in [-0.4, -0.2) is 11.4 Å². The first kappa shape index (κ1) is 6.86. The van der Waals surface area contributed by atoms with Gasteiger partial charge in [-0.15, -0.1) is 0 Å². The van der Waals surface area contributed by atoms with Crippen LogP contribution in [0.3, 0.4) is 0 Å². The van der Waals surface area contributed by atoms with Crippen LogP contribution in [0.25, 0.3) is 0 Å². The predicted octanol–water partition coefficient (Wildman–Crippen LogP) is 1.31. The maximum atomic E-state index is 11.5. The van der Waals surface area contributed by atoms with Gasteiger partial charge < -0.3 is 5.32 Å². The van der Waals surface area contributed by atoms with E-state index in [1.807, 2.05) is 0 Å². The van der Waals surface area contributed by atoms with E-state index >= 15 is 0 Å². The summed E-state index contributed by atoms with van der Waals surface area (Å²) in [7, 11) is 0. The van der Waals surface area contributed by atoms with Crippen LogP contribution in [0.5, 0.6) is 0 Å². The molecule has 13 heavy (non-hydrogen) atoms. The molecule has 0 aromatic carbocycles. The lowest BCUT2D eigenvalue weighted by atomic mass is 9.51. The van der Waals surface area contributed by atoms with Crippen LogP contribution in [0.4, 0.5) is 0 Å². The van der Waals surface area contributed by atoms with Crippen molar-refractivity contribution in [2.45, 2.75) is 37.6 Å². The molecule has 2 nitrogen and oxygen atoms in total. The van der Waals surface area contributed by atoms with E-state index in [0.29, 0.717) is 5.91 Å². The highest BCUT2D eigenvalue weighted by atomic mass is 16.2. The number of carbonyl (C=O) groups is 1. The van der Waals surface area contributed by atoms with Crippen LogP contribution in [0, 0.1) is 23.7 Å². The Morgan fingerprint density at radius 2 is 1.46 bits per heavy atom. The maximum Gasteiger partial charge on any atom is 0.247 e. The van der Waals surface area contributed by atoms with Crippen molar-refractivity contribution in [1.82, 2.24) is 5.32 Å². The molecule has 0 unspecified atom stereocenters. The number of rotatable bonds is 0. The van der Waals surface area contributed by atoms with Gasteiger partial charge in [-0.3, -0.25) is 4.79 Å². The molecule has 1 saturated heterocycles. The van der Waals surface area contributed by atoms with Crippen molar-refractivity contribution in [1.29, 1.82) is 0 Å². The molecule has 0 atom stereocenters. The Hall–Kier alpha value is -0.530. The molecule has 2 heteroatoms. The first-order chi connectivity index (χ1) is 6.29. The molecule has 1 heterocycles. The van der Waals surface area contributed by atoms with E-state index in [-0.39, 0.29) is 5.54 Å². The smallest absolute Gasteiger partial charge is 0.247 e. The molecule has 5 rings (SSSR count). The van der Waals surface area contributed by atoms with Gasteiger partial charge in [0.1, 0.15) is 5.54 Å². The van der Waals surface area contributed by atoms with E-state index in [2.05, 4.69) is 5.32 Å². The SMILES string of the molecule is O=C1NC12C1CC3CC(C1)CC2C3. The van der Waals surface area contributed by atoms with Gasteiger partial charge in [-0.05, 0) is 55.8 Å². The average molecular weight is 177 g/mol. The number of hydrogen-bond acceptors (Lipinski definition) is 1. The number of amides is 1. The summed E-state index contributed by atoms with van der Waals surface area (Å²) in [5.74, 6) is 3.76. The van der Waals surface area contributed by atoms with Gasteiger partial charge in [0.25, 0.3) is 0 Å². The van der Waals surface area contributed by atoms with E-state index in [1.54, 1.807) is 0 Å². The zero-order chi connectivity index (χ0) is 8.63. The summed E-state index contributed by atoms with van der Waals surface area (Å²) >= 11 is 0. The molecule has 1 N–H and O–H groups in total. The number of hydrogen-bond donors (Lipinski definition) is 1. The van der Waals surface area contributed by atoms with Crippen molar-refractivity contribution in [3.63, 3.8) is 0 Å². The van der Waals surface area contributed by atoms with Crippen molar-refractivity contribution in [3.8, 4) is 0 Å². The molecule has 5 aliphatic rings. The van der Waals surface area contributed by atoms with Crippen LogP contribution in [0.2, 0.25) is 0 Å². The monoisotopic (exact) mass is 177 g/mol. The summed E-state index contributed by atoms with van der Waals surface area (Å²) in [6.45, 7) is 0. The second kappa shape index (κ2) is 1.79. The second-order valence-corrected chi connectivity index (χ2v) is 5.63. The van der Waals surface area contributed by atoms with E-state index in [4.69, 9.17) is 0 Å². The van der Waals surface area contributed by atoms with E-state index < -0.39 is 0 Å². The van der Waals surface area contributed by atoms with Gasteiger partial charge in [0.2, 0.25) is 5.91 Å². The molecule has 4 aliphatic carbocycles. The fourth-order valence-corrected chi connectivity index (χ4v) is 4.66. The molecule has 5 fully saturated rings. The third-order valence-corrected chi connectivity index (χ3v) is 5.06. The van der Waals surface area contributed by atoms with Crippen molar-refractivity contribution in [2.75, 3.05) is 0 Å². The summed E-state index contributed by atoms with van der Waals surface area (Å²) in [5, 5.41) is 3.15. The second-order valence-electron chi connectivity index (χ2n) is 5.63. The maximum absolute atomic E-state index is 11.5. The highest BCUT2D eigenvalue weighted by Gasteiger charge is 2.69. The average Bonchev–Trinajstić information content (AvgIpc) is 2.74. The minimum Gasteiger partial charge on any atom is -0.339 e. The van der Waals surface area contributed by atoms with Crippen molar-refractivity contribution < 1.29 is 4.79 Å². The zero-order valence-electron chi connectivity index (χ0n) is 7.75. The Morgan fingerprint density at radius 1 is 1.00 bits per heavy atom. The lowest BCUT2D eigenvalue weighted by Gasteiger charge is -2.53. The summed E-state index contributed by atoms with van der Waals surface area (Å²) < 4.78 is 0. The van der Waals surface area contributed by atoms with Crippen molar-refractivity contribution in [3.05, 3.63) is 0 Å². The van der Waals surface area contributed by atoms with Crippen LogP contribution in [0.1, 0.15) is 32.1 Å². The van der Waals surface area contributed by atoms with Gasteiger partial charge in [-0.25, -0.2) is 0 Å². The Balaban J connectivity index is 1.79. The van der Waals surface area contributed by atoms with Crippen molar-refractivity contribution in [2.24, 2.45) is 23.7 Å². The van der Waals surface area contributed by atoms with Crippen LogP contribution >= 0.6 is 0 Å². The molecule has 1 amide bonds. The molecule has 0 aromatic heterocycles. The lowest BCUT2D eigenvalue weighted by Crippen LogP contribution is -2.52. The minimum absolute atomic E-state index is 0.0213. The first-order valence-electron chi connectivity index (χ1n) is 5.61. The quantitative estimate of drug-likeness (QED) is 0.557. The molecule has 4 bridgehead atoms. The topological polar surface area (TPSA) is 39.0 Å². The third-order valence-electron chi connectivity index (χ3n) is 5.06. The van der Waals surface area contributed by atoms with Gasteiger partial charge in [-0.2, -0.15) is 0 Å². The molecule has 1 aliphatic heterocycles. The largest absolute Gasteiger partial charge is 0.339 e. The van der Waals surface area contributed by atoms with Gasteiger partial charge in [0.15, 0.2) is 0 Å². The molecular formula is C11H15NO. The highest BCUT2D eigenvalue weighted by Crippen LogP contribution is 2.61. The molecule has 70 valence electrons. The minimum atomic E-state index is 0.0213. The predicted molar refractivity (Wildman–Crippen MR) is 47.9 cm³/mol. The van der Waals surface area contributed by atoms with Crippen LogP contribution in [-0.2, 0) is 4.79 Å². The summed E-state index contributed by atoms with van der Waals surface area (Å²) in [6, 6.07) is 0. The number of nitrogens with one attached hydrogen (secondary N) is 1. The Bertz CT molecular complexity index is 268. The van der Waals surface area contributed by atoms with Gasteiger partial charge in [0, 0.05) is 0 Å². The summed E-state index contributed by atoms with van der Waals surface area (Å²) in [6.07, 6.45) is 6.83. The normalized spacial score (nSPS) is 61.4. The molecule has 4 saturated carbocycles. The van der Waals surface area contributed by atoms with E-state index in [9.17, 15) is 4.79 Å². The van der Waals surface area contributed by atoms with Gasteiger partial charge in [0.05, 0.1) is 0 Å². The van der Waals surface area contributed by atoms with E-state index in [0.717, 1.165) is 23.7 Å². The van der Waals surface area contributed by atoms with Crippen LogP contribution in [0.15, 0.2) is 0 Å². The molecule has 0 radical (unpaired) electrons. The molecule has 0 aromatic rings. The Labute approximate surface area is 78.1 Å². The fraction of sp³-hybridized carbons (Fsp3) is 0.909. The fourth-order valence-electron chi connectivity index (χ4n) is 4.66. The third kappa shape index (κ3) is 0.628. The summed E-state index contributed by atoms with van der Waals surface area (Å²) in [5.41, 5.74) is 0.0213. The van der Waals surface area contributed by atoms with Gasteiger partial charge >= 0.3 is 0 Å². The van der Waals surface area contributed by atoms with E-state index in [1.165, 1.54) is 32.1 Å². The standard InChI is InChI=1S/C11H15NO/c13-10-11(12-10)8-2-6-1-7(4-8)5-9(11)3-6/h6-9H,1-5H2,(H,12,13). The highest BCUT2D eigenvalue weighted by molar-refractivity contribution is 6.03.